The first-order valence-corrected chi connectivity index (χ1v) is 5.36. The first kappa shape index (κ1) is 12.8. The molecule has 1 unspecified atom stereocenters. The standard InChI is InChI=1S/C12H16ClNO2/c1-8(14-2)5-9-6-12(16-4)10(13)7-11(9)15-3/h6-8H,2,5H2,1,3-4H3. The molecule has 0 fully saturated rings. The topological polar surface area (TPSA) is 30.8 Å². The van der Waals surface area contributed by atoms with Crippen molar-refractivity contribution in [1.29, 1.82) is 0 Å². The van der Waals surface area contributed by atoms with Crippen LogP contribution in [0.4, 0.5) is 0 Å². The van der Waals surface area contributed by atoms with Gasteiger partial charge in [0.25, 0.3) is 0 Å². The Labute approximate surface area is 101 Å². The SMILES string of the molecule is C=NC(C)Cc1cc(OC)c(Cl)cc1OC. The largest absolute Gasteiger partial charge is 0.496 e. The average Bonchev–Trinajstić information content (AvgIpc) is 2.30. The van der Waals surface area contributed by atoms with Crippen molar-refractivity contribution in [3.05, 3.63) is 22.7 Å². The zero-order chi connectivity index (χ0) is 12.1. The highest BCUT2D eigenvalue weighted by atomic mass is 35.5. The van der Waals surface area contributed by atoms with Gasteiger partial charge in [-0.25, -0.2) is 0 Å². The zero-order valence-corrected chi connectivity index (χ0v) is 10.5. The van der Waals surface area contributed by atoms with Gasteiger partial charge in [-0.1, -0.05) is 11.6 Å². The Hall–Kier alpha value is -1.22. The van der Waals surface area contributed by atoms with Gasteiger partial charge in [0.05, 0.1) is 25.3 Å². The Morgan fingerprint density at radius 2 is 1.94 bits per heavy atom. The van der Waals surface area contributed by atoms with E-state index in [1.807, 2.05) is 13.0 Å². The monoisotopic (exact) mass is 241 g/mol. The fraction of sp³-hybridized carbons (Fsp3) is 0.417. The molecule has 1 aromatic rings. The smallest absolute Gasteiger partial charge is 0.137 e. The summed E-state index contributed by atoms with van der Waals surface area (Å²) in [6, 6.07) is 3.77. The van der Waals surface area contributed by atoms with E-state index in [1.165, 1.54) is 0 Å². The van der Waals surface area contributed by atoms with Crippen LogP contribution in [0.3, 0.4) is 0 Å². The van der Waals surface area contributed by atoms with E-state index in [-0.39, 0.29) is 6.04 Å². The van der Waals surface area contributed by atoms with Crippen molar-refractivity contribution >= 4 is 18.3 Å². The normalized spacial score (nSPS) is 12.0. The highest BCUT2D eigenvalue weighted by Gasteiger charge is 2.11. The maximum absolute atomic E-state index is 6.01. The maximum atomic E-state index is 6.01. The van der Waals surface area contributed by atoms with E-state index in [0.717, 1.165) is 17.7 Å². The Bertz CT molecular complexity index is 380. The van der Waals surface area contributed by atoms with Gasteiger partial charge in [0.1, 0.15) is 11.5 Å². The van der Waals surface area contributed by atoms with Gasteiger partial charge in [0.2, 0.25) is 0 Å². The lowest BCUT2D eigenvalue weighted by molar-refractivity contribution is 0.398. The fourth-order valence-corrected chi connectivity index (χ4v) is 1.70. The fourth-order valence-electron chi connectivity index (χ4n) is 1.47. The van der Waals surface area contributed by atoms with E-state index >= 15 is 0 Å². The van der Waals surface area contributed by atoms with Crippen molar-refractivity contribution in [3.63, 3.8) is 0 Å². The third kappa shape index (κ3) is 2.89. The molecule has 1 rings (SSSR count). The van der Waals surface area contributed by atoms with Crippen LogP contribution in [0.2, 0.25) is 5.02 Å². The van der Waals surface area contributed by atoms with E-state index < -0.39 is 0 Å². The summed E-state index contributed by atoms with van der Waals surface area (Å²) >= 11 is 6.01. The second kappa shape index (κ2) is 5.75. The van der Waals surface area contributed by atoms with Crippen molar-refractivity contribution in [2.45, 2.75) is 19.4 Å². The summed E-state index contributed by atoms with van der Waals surface area (Å²) in [5.74, 6) is 1.40. The molecule has 0 spiro atoms. The number of benzene rings is 1. The molecule has 16 heavy (non-hydrogen) atoms. The number of hydrogen-bond acceptors (Lipinski definition) is 3. The van der Waals surface area contributed by atoms with Crippen LogP contribution >= 0.6 is 11.6 Å². The van der Waals surface area contributed by atoms with Crippen molar-refractivity contribution < 1.29 is 9.47 Å². The summed E-state index contributed by atoms with van der Waals surface area (Å²) in [6.45, 7) is 5.52. The highest BCUT2D eigenvalue weighted by Crippen LogP contribution is 2.33. The van der Waals surface area contributed by atoms with Crippen LogP contribution < -0.4 is 9.47 Å². The van der Waals surface area contributed by atoms with E-state index in [9.17, 15) is 0 Å². The van der Waals surface area contributed by atoms with Gasteiger partial charge in [-0.15, -0.1) is 0 Å². The number of rotatable bonds is 5. The zero-order valence-electron chi connectivity index (χ0n) is 9.79. The van der Waals surface area contributed by atoms with E-state index in [0.29, 0.717) is 10.8 Å². The molecule has 0 saturated carbocycles. The van der Waals surface area contributed by atoms with Gasteiger partial charge in [-0.2, -0.15) is 0 Å². The van der Waals surface area contributed by atoms with E-state index in [1.54, 1.807) is 20.3 Å². The molecule has 0 aliphatic rings. The molecular weight excluding hydrogens is 226 g/mol. The first-order chi connectivity index (χ1) is 7.62. The van der Waals surface area contributed by atoms with Crippen LogP contribution in [-0.2, 0) is 6.42 Å². The third-order valence-electron chi connectivity index (χ3n) is 2.38. The lowest BCUT2D eigenvalue weighted by atomic mass is 10.1. The molecule has 0 bridgehead atoms. The predicted octanol–water partition coefficient (Wildman–Crippen LogP) is 2.99. The molecule has 4 heteroatoms. The van der Waals surface area contributed by atoms with Crippen molar-refractivity contribution in [2.24, 2.45) is 4.99 Å². The van der Waals surface area contributed by atoms with Gasteiger partial charge in [0.15, 0.2) is 0 Å². The summed E-state index contributed by atoms with van der Waals surface area (Å²) in [7, 11) is 3.21. The molecule has 1 aromatic carbocycles. The minimum Gasteiger partial charge on any atom is -0.496 e. The Balaban J connectivity index is 3.09. The molecule has 0 heterocycles. The Kier molecular flexibility index (Phi) is 4.62. The summed E-state index contributed by atoms with van der Waals surface area (Å²) < 4.78 is 10.4. The van der Waals surface area contributed by atoms with Crippen LogP contribution in [-0.4, -0.2) is 27.0 Å². The van der Waals surface area contributed by atoms with Gasteiger partial charge in [-0.05, 0) is 31.7 Å². The second-order valence-corrected chi connectivity index (χ2v) is 3.94. The van der Waals surface area contributed by atoms with Crippen molar-refractivity contribution in [2.75, 3.05) is 14.2 Å². The van der Waals surface area contributed by atoms with Gasteiger partial charge in [-0.3, -0.25) is 4.99 Å². The highest BCUT2D eigenvalue weighted by molar-refractivity contribution is 6.32. The second-order valence-electron chi connectivity index (χ2n) is 3.53. The molecule has 0 radical (unpaired) electrons. The summed E-state index contributed by atoms with van der Waals surface area (Å²) in [4.78, 5) is 3.96. The van der Waals surface area contributed by atoms with Gasteiger partial charge >= 0.3 is 0 Å². The Morgan fingerprint density at radius 1 is 1.31 bits per heavy atom. The first-order valence-electron chi connectivity index (χ1n) is 4.98. The van der Waals surface area contributed by atoms with Gasteiger partial charge < -0.3 is 9.47 Å². The van der Waals surface area contributed by atoms with E-state index in [2.05, 4.69) is 11.7 Å². The average molecular weight is 242 g/mol. The molecule has 0 saturated heterocycles. The number of ether oxygens (including phenoxy) is 2. The molecule has 0 aliphatic carbocycles. The number of hydrogen-bond donors (Lipinski definition) is 0. The van der Waals surface area contributed by atoms with Crippen LogP contribution in [0.15, 0.2) is 17.1 Å². The minimum atomic E-state index is 0.139. The van der Waals surface area contributed by atoms with Crippen molar-refractivity contribution in [1.82, 2.24) is 0 Å². The lowest BCUT2D eigenvalue weighted by Crippen LogP contribution is -2.04. The molecule has 0 amide bonds. The predicted molar refractivity (Wildman–Crippen MR) is 67.3 cm³/mol. The molecule has 0 N–H and O–H groups in total. The quantitative estimate of drug-likeness (QED) is 0.742. The Morgan fingerprint density at radius 3 is 2.44 bits per heavy atom. The summed E-state index contributed by atoms with van der Waals surface area (Å²) in [5.41, 5.74) is 1.02. The maximum Gasteiger partial charge on any atom is 0.137 e. The molecule has 1 atom stereocenters. The number of methoxy groups -OCH3 is 2. The number of halogens is 1. The molecule has 0 aromatic heterocycles. The van der Waals surface area contributed by atoms with Crippen LogP contribution in [0.1, 0.15) is 12.5 Å². The molecular formula is C12H16ClNO2. The molecule has 88 valence electrons. The lowest BCUT2D eigenvalue weighted by Gasteiger charge is -2.13. The van der Waals surface area contributed by atoms with Crippen LogP contribution in [0, 0.1) is 0 Å². The molecule has 0 aliphatic heterocycles. The van der Waals surface area contributed by atoms with Crippen LogP contribution in [0.25, 0.3) is 0 Å². The van der Waals surface area contributed by atoms with Gasteiger partial charge in [0, 0.05) is 6.07 Å². The van der Waals surface area contributed by atoms with Crippen molar-refractivity contribution in [3.8, 4) is 11.5 Å². The summed E-state index contributed by atoms with van der Waals surface area (Å²) in [5, 5.41) is 0.544. The molecule has 3 nitrogen and oxygen atoms in total. The number of aliphatic imine (C=N–C) groups is 1. The minimum absolute atomic E-state index is 0.139. The van der Waals surface area contributed by atoms with E-state index in [4.69, 9.17) is 21.1 Å². The van der Waals surface area contributed by atoms with Crippen LogP contribution in [0.5, 0.6) is 11.5 Å². The summed E-state index contributed by atoms with van der Waals surface area (Å²) in [6.07, 6.45) is 0.750. The number of nitrogens with zero attached hydrogens (tertiary/aromatic N) is 1. The third-order valence-corrected chi connectivity index (χ3v) is 2.68.